The van der Waals surface area contributed by atoms with E-state index in [1.165, 1.54) is 18.6 Å². The number of rotatable bonds is 5. The molecular weight excluding hydrogens is 363 g/mol. The van der Waals surface area contributed by atoms with Gasteiger partial charge in [-0.25, -0.2) is 14.4 Å². The summed E-state index contributed by atoms with van der Waals surface area (Å²) in [6.07, 6.45) is 2.63. The quantitative estimate of drug-likeness (QED) is 0.559. The van der Waals surface area contributed by atoms with Crippen molar-refractivity contribution in [2.24, 2.45) is 0 Å². The maximum atomic E-state index is 13.2. The Morgan fingerprint density at radius 1 is 1.18 bits per heavy atom. The largest absolute Gasteiger partial charge is 0.494 e. The van der Waals surface area contributed by atoms with Crippen LogP contribution in [0.15, 0.2) is 41.3 Å². The molecule has 0 saturated carbocycles. The second-order valence-electron chi connectivity index (χ2n) is 6.20. The molecule has 0 amide bonds. The van der Waals surface area contributed by atoms with Gasteiger partial charge in [0.05, 0.1) is 25.0 Å². The van der Waals surface area contributed by atoms with Crippen LogP contribution < -0.4 is 10.1 Å². The van der Waals surface area contributed by atoms with Crippen LogP contribution in [0.4, 0.5) is 10.2 Å². The summed E-state index contributed by atoms with van der Waals surface area (Å²) in [5, 5.41) is 7.95. The maximum Gasteiger partial charge on any atom is 0.223 e. The van der Waals surface area contributed by atoms with E-state index >= 15 is 0 Å². The highest BCUT2D eigenvalue weighted by atomic mass is 19.1. The number of hydrogen-bond donors (Lipinski definition) is 1. The lowest BCUT2D eigenvalue weighted by Crippen LogP contribution is -2.10. The first-order valence-electron chi connectivity index (χ1n) is 8.56. The maximum absolute atomic E-state index is 13.2. The number of ether oxygens (including phenoxy) is 1. The third-order valence-corrected chi connectivity index (χ3v) is 4.23. The van der Waals surface area contributed by atoms with Gasteiger partial charge < -0.3 is 14.6 Å². The smallest absolute Gasteiger partial charge is 0.223 e. The zero-order chi connectivity index (χ0) is 19.7. The number of nitrogens with one attached hydrogen (secondary N) is 1. The molecule has 1 unspecified atom stereocenters. The van der Waals surface area contributed by atoms with Crippen LogP contribution in [0.1, 0.15) is 24.7 Å². The van der Waals surface area contributed by atoms with Crippen molar-refractivity contribution in [2.75, 3.05) is 12.4 Å². The van der Waals surface area contributed by atoms with E-state index in [1.54, 1.807) is 20.1 Å². The fourth-order valence-electron chi connectivity index (χ4n) is 2.86. The molecule has 142 valence electrons. The molecular formula is C19H17FN6O2. The van der Waals surface area contributed by atoms with Gasteiger partial charge in [0, 0.05) is 17.9 Å². The predicted molar refractivity (Wildman–Crippen MR) is 100 cm³/mol. The van der Waals surface area contributed by atoms with Crippen LogP contribution >= 0.6 is 0 Å². The molecule has 28 heavy (non-hydrogen) atoms. The number of pyridine rings is 1. The van der Waals surface area contributed by atoms with Gasteiger partial charge in [0.15, 0.2) is 5.82 Å². The average molecular weight is 380 g/mol. The van der Waals surface area contributed by atoms with Gasteiger partial charge >= 0.3 is 0 Å². The van der Waals surface area contributed by atoms with E-state index in [4.69, 9.17) is 9.26 Å². The van der Waals surface area contributed by atoms with Crippen molar-refractivity contribution in [2.45, 2.75) is 19.9 Å². The molecule has 0 radical (unpaired) electrons. The Bertz CT molecular complexity index is 1130. The normalized spacial score (nSPS) is 12.1. The molecule has 0 spiro atoms. The van der Waals surface area contributed by atoms with Gasteiger partial charge in [-0.15, -0.1) is 0 Å². The van der Waals surface area contributed by atoms with Crippen molar-refractivity contribution >= 4 is 16.7 Å². The van der Waals surface area contributed by atoms with E-state index < -0.39 is 5.82 Å². The van der Waals surface area contributed by atoms with Crippen LogP contribution in [0.2, 0.25) is 0 Å². The molecule has 0 aliphatic rings. The number of anilines is 1. The third kappa shape index (κ3) is 3.34. The van der Waals surface area contributed by atoms with E-state index in [0.717, 1.165) is 10.9 Å². The van der Waals surface area contributed by atoms with Gasteiger partial charge in [0.2, 0.25) is 5.89 Å². The van der Waals surface area contributed by atoms with E-state index in [-0.39, 0.29) is 6.04 Å². The van der Waals surface area contributed by atoms with Crippen molar-refractivity contribution in [3.63, 3.8) is 0 Å². The van der Waals surface area contributed by atoms with E-state index in [2.05, 4.69) is 30.4 Å². The molecule has 1 N–H and O–H groups in total. The van der Waals surface area contributed by atoms with Crippen LogP contribution in [0.3, 0.4) is 0 Å². The van der Waals surface area contributed by atoms with E-state index in [0.29, 0.717) is 34.5 Å². The lowest BCUT2D eigenvalue weighted by molar-refractivity contribution is 0.385. The number of aryl methyl sites for hydroxylation is 1. The Labute approximate surface area is 159 Å². The SMILES string of the molecule is COc1cc(-c2ccc(F)cn2)cc2c(NC(C)c3noc(C)n3)ncnc12. The molecule has 4 aromatic rings. The summed E-state index contributed by atoms with van der Waals surface area (Å²) >= 11 is 0. The average Bonchev–Trinajstić information content (AvgIpc) is 3.14. The second-order valence-corrected chi connectivity index (χ2v) is 6.20. The van der Waals surface area contributed by atoms with Gasteiger partial charge in [-0.3, -0.25) is 4.98 Å². The van der Waals surface area contributed by atoms with Crippen molar-refractivity contribution in [3.05, 3.63) is 54.3 Å². The molecule has 0 aliphatic carbocycles. The molecule has 3 aromatic heterocycles. The first-order chi connectivity index (χ1) is 13.5. The van der Waals surface area contributed by atoms with Gasteiger partial charge in [-0.1, -0.05) is 5.16 Å². The van der Waals surface area contributed by atoms with Crippen LogP contribution in [0, 0.1) is 12.7 Å². The monoisotopic (exact) mass is 380 g/mol. The van der Waals surface area contributed by atoms with E-state index in [9.17, 15) is 4.39 Å². The molecule has 0 bridgehead atoms. The van der Waals surface area contributed by atoms with Crippen molar-refractivity contribution in [3.8, 4) is 17.0 Å². The molecule has 3 heterocycles. The Kier molecular flexibility index (Phi) is 4.56. The first kappa shape index (κ1) is 17.8. The first-order valence-corrected chi connectivity index (χ1v) is 8.56. The minimum atomic E-state index is -0.397. The molecule has 0 aliphatic heterocycles. The standard InChI is InChI=1S/C19H17FN6O2/c1-10(18-25-11(2)28-26-18)24-19-14-6-12(15-5-4-13(20)8-21-15)7-16(27-3)17(14)22-9-23-19/h4-10H,1-3H3,(H,22,23,24). The highest BCUT2D eigenvalue weighted by Crippen LogP contribution is 2.34. The molecule has 9 heteroatoms. The predicted octanol–water partition coefficient (Wildman–Crippen LogP) is 3.70. The number of nitrogens with zero attached hydrogens (tertiary/aromatic N) is 5. The fraction of sp³-hybridized carbons (Fsp3) is 0.211. The second kappa shape index (κ2) is 7.18. The lowest BCUT2D eigenvalue weighted by Gasteiger charge is -2.15. The Morgan fingerprint density at radius 3 is 2.71 bits per heavy atom. The number of aromatic nitrogens is 5. The Morgan fingerprint density at radius 2 is 2.04 bits per heavy atom. The van der Waals surface area contributed by atoms with Gasteiger partial charge in [0.25, 0.3) is 0 Å². The summed E-state index contributed by atoms with van der Waals surface area (Å²) in [5.74, 6) is 1.76. The molecule has 0 saturated heterocycles. The van der Waals surface area contributed by atoms with Crippen LogP contribution in [0.5, 0.6) is 5.75 Å². The molecule has 1 atom stereocenters. The molecule has 8 nitrogen and oxygen atoms in total. The van der Waals surface area contributed by atoms with Gasteiger partial charge in [0.1, 0.15) is 29.2 Å². The zero-order valence-corrected chi connectivity index (χ0v) is 15.5. The van der Waals surface area contributed by atoms with Crippen LogP contribution in [0.25, 0.3) is 22.2 Å². The highest BCUT2D eigenvalue weighted by Gasteiger charge is 2.17. The van der Waals surface area contributed by atoms with Crippen molar-refractivity contribution in [1.82, 2.24) is 25.1 Å². The Balaban J connectivity index is 1.80. The third-order valence-electron chi connectivity index (χ3n) is 4.23. The molecule has 0 fully saturated rings. The number of hydrogen-bond acceptors (Lipinski definition) is 8. The number of halogens is 1. The summed E-state index contributed by atoms with van der Waals surface area (Å²) in [4.78, 5) is 17.1. The van der Waals surface area contributed by atoms with Gasteiger partial charge in [-0.2, -0.15) is 4.98 Å². The minimum Gasteiger partial charge on any atom is -0.494 e. The number of benzene rings is 1. The number of methoxy groups -OCH3 is 1. The topological polar surface area (TPSA) is 98.8 Å². The lowest BCUT2D eigenvalue weighted by atomic mass is 10.1. The molecule has 1 aromatic carbocycles. The van der Waals surface area contributed by atoms with E-state index in [1.807, 2.05) is 19.1 Å². The fourth-order valence-corrected chi connectivity index (χ4v) is 2.86. The Hall–Kier alpha value is -3.62. The van der Waals surface area contributed by atoms with Crippen LogP contribution in [-0.4, -0.2) is 32.2 Å². The molecule has 4 rings (SSSR count). The summed E-state index contributed by atoms with van der Waals surface area (Å²) in [5.41, 5.74) is 2.01. The van der Waals surface area contributed by atoms with Gasteiger partial charge in [-0.05, 0) is 31.2 Å². The summed E-state index contributed by atoms with van der Waals surface area (Å²) < 4.78 is 23.8. The summed E-state index contributed by atoms with van der Waals surface area (Å²) in [7, 11) is 1.57. The highest BCUT2D eigenvalue weighted by molar-refractivity contribution is 5.96. The number of fused-ring (bicyclic) bond motifs is 1. The summed E-state index contributed by atoms with van der Waals surface area (Å²) in [6, 6.07) is 6.42. The minimum absolute atomic E-state index is 0.242. The van der Waals surface area contributed by atoms with Crippen LogP contribution in [-0.2, 0) is 0 Å². The summed E-state index contributed by atoms with van der Waals surface area (Å²) in [6.45, 7) is 3.64. The van der Waals surface area contributed by atoms with Crippen molar-refractivity contribution < 1.29 is 13.7 Å². The van der Waals surface area contributed by atoms with Crippen molar-refractivity contribution in [1.29, 1.82) is 0 Å². The zero-order valence-electron chi connectivity index (χ0n) is 15.5.